The Balaban J connectivity index is 3.04. The molecule has 1 rings (SSSR count). The summed E-state index contributed by atoms with van der Waals surface area (Å²) in [7, 11) is 0. The Hall–Kier alpha value is 0.270. The van der Waals surface area contributed by atoms with Crippen molar-refractivity contribution in [1.82, 2.24) is 4.98 Å². The summed E-state index contributed by atoms with van der Waals surface area (Å²) in [6.45, 7) is 0. The fraction of sp³-hybridized carbons (Fsp3) is 0.167. The van der Waals surface area contributed by atoms with E-state index in [2.05, 4.69) is 20.9 Å². The first-order valence-electron chi connectivity index (χ1n) is 2.59. The number of aromatic nitrogens is 1. The first kappa shape index (κ1) is 8.37. The minimum atomic E-state index is 0.659. The Bertz CT molecular complexity index is 241. The molecule has 0 spiro atoms. The van der Waals surface area contributed by atoms with E-state index >= 15 is 0 Å². The predicted octanol–water partition coefficient (Wildman–Crippen LogP) is 3.22. The Labute approximate surface area is 77.3 Å². The number of thioether (sulfide) groups is 1. The van der Waals surface area contributed by atoms with Crippen molar-refractivity contribution in [3.63, 3.8) is 0 Å². The first-order valence-corrected chi connectivity index (χ1v) is 4.98. The second-order valence-corrected chi connectivity index (χ2v) is 3.69. The van der Waals surface area contributed by atoms with Crippen LogP contribution in [0.15, 0.2) is 21.8 Å². The molecule has 0 amide bonds. The third-order valence-electron chi connectivity index (χ3n) is 1.01. The summed E-state index contributed by atoms with van der Waals surface area (Å²) in [5, 5.41) is 0.659. The highest BCUT2D eigenvalue weighted by atomic mass is 79.9. The fourth-order valence-electron chi connectivity index (χ4n) is 0.515. The van der Waals surface area contributed by atoms with Gasteiger partial charge in [-0.25, -0.2) is 4.98 Å². The van der Waals surface area contributed by atoms with E-state index < -0.39 is 0 Å². The zero-order valence-corrected chi connectivity index (χ0v) is 8.42. The van der Waals surface area contributed by atoms with Gasteiger partial charge in [0.25, 0.3) is 0 Å². The van der Waals surface area contributed by atoms with Crippen molar-refractivity contribution in [2.24, 2.45) is 0 Å². The topological polar surface area (TPSA) is 12.9 Å². The molecule has 1 heterocycles. The van der Waals surface area contributed by atoms with Crippen LogP contribution >= 0.6 is 39.3 Å². The van der Waals surface area contributed by atoms with Gasteiger partial charge in [0.2, 0.25) is 0 Å². The summed E-state index contributed by atoms with van der Waals surface area (Å²) in [4.78, 5) is 5.09. The van der Waals surface area contributed by atoms with Gasteiger partial charge in [-0.3, -0.25) is 0 Å². The molecule has 1 aromatic heterocycles. The van der Waals surface area contributed by atoms with E-state index in [0.717, 1.165) is 4.90 Å². The minimum absolute atomic E-state index is 0.659. The van der Waals surface area contributed by atoms with Gasteiger partial charge >= 0.3 is 0 Å². The molecule has 0 saturated carbocycles. The quantitative estimate of drug-likeness (QED) is 0.550. The standard InChI is InChI=1S/C6H5BrClNS/c1-10-4-2-5(8)6(7)9-3-4/h2-3H,1H3. The van der Waals surface area contributed by atoms with Crippen molar-refractivity contribution in [2.75, 3.05) is 6.26 Å². The molecule has 54 valence electrons. The maximum absolute atomic E-state index is 5.77. The molecule has 0 unspecified atom stereocenters. The van der Waals surface area contributed by atoms with Crippen molar-refractivity contribution in [3.05, 3.63) is 21.9 Å². The molecular weight excluding hydrogens is 233 g/mol. The second kappa shape index (κ2) is 3.60. The van der Waals surface area contributed by atoms with Gasteiger partial charge in [-0.1, -0.05) is 11.6 Å². The van der Waals surface area contributed by atoms with Gasteiger partial charge in [-0.2, -0.15) is 0 Å². The highest BCUT2D eigenvalue weighted by Crippen LogP contribution is 2.24. The fourth-order valence-corrected chi connectivity index (χ4v) is 1.36. The smallest absolute Gasteiger partial charge is 0.124 e. The largest absolute Gasteiger partial charge is 0.247 e. The molecule has 1 nitrogen and oxygen atoms in total. The van der Waals surface area contributed by atoms with Crippen molar-refractivity contribution in [1.29, 1.82) is 0 Å². The lowest BCUT2D eigenvalue weighted by molar-refractivity contribution is 1.20. The molecule has 0 radical (unpaired) electrons. The van der Waals surface area contributed by atoms with Gasteiger partial charge in [0.05, 0.1) is 5.02 Å². The van der Waals surface area contributed by atoms with E-state index in [-0.39, 0.29) is 0 Å². The summed E-state index contributed by atoms with van der Waals surface area (Å²) in [6, 6.07) is 1.88. The van der Waals surface area contributed by atoms with Crippen LogP contribution in [-0.4, -0.2) is 11.2 Å². The Morgan fingerprint density at radius 2 is 2.40 bits per heavy atom. The monoisotopic (exact) mass is 237 g/mol. The highest BCUT2D eigenvalue weighted by molar-refractivity contribution is 9.10. The maximum Gasteiger partial charge on any atom is 0.124 e. The van der Waals surface area contributed by atoms with E-state index in [9.17, 15) is 0 Å². The number of nitrogens with zero attached hydrogens (tertiary/aromatic N) is 1. The number of rotatable bonds is 1. The lowest BCUT2D eigenvalue weighted by atomic mass is 10.5. The third-order valence-corrected chi connectivity index (χ3v) is 2.85. The third kappa shape index (κ3) is 1.87. The molecule has 0 N–H and O–H groups in total. The average molecular weight is 239 g/mol. The van der Waals surface area contributed by atoms with E-state index in [4.69, 9.17) is 11.6 Å². The van der Waals surface area contributed by atoms with Crippen LogP contribution in [0.1, 0.15) is 0 Å². The lowest BCUT2D eigenvalue weighted by Gasteiger charge is -1.96. The molecule has 0 aromatic carbocycles. The molecular formula is C6H5BrClNS. The number of hydrogen-bond donors (Lipinski definition) is 0. The van der Waals surface area contributed by atoms with Gasteiger partial charge in [0, 0.05) is 11.1 Å². The van der Waals surface area contributed by atoms with E-state index in [1.807, 2.05) is 12.3 Å². The summed E-state index contributed by atoms with van der Waals surface area (Å²) in [6.07, 6.45) is 3.77. The molecule has 0 aliphatic carbocycles. The van der Waals surface area contributed by atoms with Crippen molar-refractivity contribution < 1.29 is 0 Å². The van der Waals surface area contributed by atoms with Gasteiger partial charge in [0.1, 0.15) is 4.60 Å². The molecule has 0 bridgehead atoms. The van der Waals surface area contributed by atoms with Crippen LogP contribution < -0.4 is 0 Å². The normalized spacial score (nSPS) is 9.90. The Morgan fingerprint density at radius 3 is 2.90 bits per heavy atom. The van der Waals surface area contributed by atoms with Crippen LogP contribution in [0.5, 0.6) is 0 Å². The molecule has 4 heteroatoms. The Kier molecular flexibility index (Phi) is 3.01. The molecule has 0 fully saturated rings. The van der Waals surface area contributed by atoms with Crippen molar-refractivity contribution in [3.8, 4) is 0 Å². The molecule has 0 saturated heterocycles. The zero-order valence-electron chi connectivity index (χ0n) is 5.27. The average Bonchev–Trinajstić information content (AvgIpc) is 1.95. The SMILES string of the molecule is CSc1cnc(Br)c(Cl)c1. The summed E-state index contributed by atoms with van der Waals surface area (Å²) < 4.78 is 0.701. The van der Waals surface area contributed by atoms with Gasteiger partial charge < -0.3 is 0 Å². The first-order chi connectivity index (χ1) is 4.74. The molecule has 1 aromatic rings. The van der Waals surface area contributed by atoms with Crippen LogP contribution in [0, 0.1) is 0 Å². The van der Waals surface area contributed by atoms with Crippen LogP contribution in [0.3, 0.4) is 0 Å². The van der Waals surface area contributed by atoms with E-state index in [0.29, 0.717) is 9.63 Å². The van der Waals surface area contributed by atoms with Crippen molar-refractivity contribution in [2.45, 2.75) is 4.90 Å². The molecule has 0 aliphatic heterocycles. The van der Waals surface area contributed by atoms with Crippen molar-refractivity contribution >= 4 is 39.3 Å². The molecule has 0 atom stereocenters. The summed E-state index contributed by atoms with van der Waals surface area (Å²) in [5.41, 5.74) is 0. The van der Waals surface area contributed by atoms with E-state index in [1.165, 1.54) is 0 Å². The number of hydrogen-bond acceptors (Lipinski definition) is 2. The molecule has 0 aliphatic rings. The number of halogens is 2. The van der Waals surface area contributed by atoms with Gasteiger partial charge in [0.15, 0.2) is 0 Å². The maximum atomic E-state index is 5.77. The predicted molar refractivity (Wildman–Crippen MR) is 48.7 cm³/mol. The van der Waals surface area contributed by atoms with Crippen LogP contribution in [-0.2, 0) is 0 Å². The van der Waals surface area contributed by atoms with E-state index in [1.54, 1.807) is 18.0 Å². The highest BCUT2D eigenvalue weighted by Gasteiger charge is 1.97. The van der Waals surface area contributed by atoms with Crippen LogP contribution in [0.4, 0.5) is 0 Å². The molecule has 10 heavy (non-hydrogen) atoms. The minimum Gasteiger partial charge on any atom is -0.247 e. The summed E-state index contributed by atoms with van der Waals surface area (Å²) in [5.74, 6) is 0. The summed E-state index contributed by atoms with van der Waals surface area (Å²) >= 11 is 10.6. The second-order valence-electron chi connectivity index (χ2n) is 1.65. The number of pyridine rings is 1. The van der Waals surface area contributed by atoms with Crippen LogP contribution in [0.25, 0.3) is 0 Å². The van der Waals surface area contributed by atoms with Gasteiger partial charge in [-0.15, -0.1) is 11.8 Å². The Morgan fingerprint density at radius 1 is 1.70 bits per heavy atom. The zero-order chi connectivity index (χ0) is 7.56. The van der Waals surface area contributed by atoms with Crippen LogP contribution in [0.2, 0.25) is 5.02 Å². The lowest BCUT2D eigenvalue weighted by Crippen LogP contribution is -1.77. The van der Waals surface area contributed by atoms with Gasteiger partial charge in [-0.05, 0) is 28.3 Å².